The van der Waals surface area contributed by atoms with E-state index < -0.39 is 58.6 Å². The highest BCUT2D eigenvalue weighted by molar-refractivity contribution is 6.38. The summed E-state index contributed by atoms with van der Waals surface area (Å²) in [7, 11) is 0. The summed E-state index contributed by atoms with van der Waals surface area (Å²) in [4.78, 5) is 97.0. The lowest BCUT2D eigenvalue weighted by Gasteiger charge is -2.40. The first-order valence-corrected chi connectivity index (χ1v) is 19.2. The summed E-state index contributed by atoms with van der Waals surface area (Å²) in [5.41, 5.74) is -1.12. The van der Waals surface area contributed by atoms with Crippen molar-refractivity contribution in [3.05, 3.63) is 0 Å². The van der Waals surface area contributed by atoms with Gasteiger partial charge in [-0.3, -0.25) is 33.7 Å². The average Bonchev–Trinajstić information content (AvgIpc) is 3.87. The molecule has 5 aliphatic rings. The highest BCUT2D eigenvalue weighted by Crippen LogP contribution is 2.65. The molecule has 0 unspecified atom stereocenters. The fourth-order valence-electron chi connectivity index (χ4n) is 8.33. The zero-order valence-electron chi connectivity index (χ0n) is 31.7. The standard InChI is InChI=1S/C38H60N6O7/c1-36(2,3)26(21-43-27(45)18-37(4,5)19-28(43)46)42-35(51)41-25-15-13-11-9-8-10-12-14-24(31(47)33(49)39-22-16-17-22)40-32(48)30-29-23(38(29,6)7)20-44(30)34(25)50/h22-26,29-30H,8-21H2,1-7H3,(H,39,49)(H,40,48)(H2,41,42,51)/t23-,24-,25+,26+,29-,30-/m0/s1. The van der Waals surface area contributed by atoms with Gasteiger partial charge in [-0.1, -0.05) is 87.0 Å². The van der Waals surface area contributed by atoms with Crippen molar-refractivity contribution >= 4 is 41.4 Å². The van der Waals surface area contributed by atoms with E-state index in [9.17, 15) is 33.6 Å². The molecule has 284 valence electrons. The number of fused-ring (bicyclic) bond motifs is 3. The van der Waals surface area contributed by atoms with Crippen molar-refractivity contribution in [1.29, 1.82) is 0 Å². The van der Waals surface area contributed by atoms with Gasteiger partial charge in [-0.25, -0.2) is 4.79 Å². The van der Waals surface area contributed by atoms with Crippen LogP contribution in [0.25, 0.3) is 0 Å². The van der Waals surface area contributed by atoms with Crippen LogP contribution in [0.15, 0.2) is 0 Å². The number of Topliss-reactive ketones (excluding diaryl/α,β-unsaturated/α-hetero) is 1. The number of hydrogen-bond donors (Lipinski definition) is 4. The molecule has 3 saturated heterocycles. The largest absolute Gasteiger partial charge is 0.347 e. The Balaban J connectivity index is 1.33. The molecule has 0 spiro atoms. The van der Waals surface area contributed by atoms with E-state index in [1.807, 2.05) is 34.6 Å². The summed E-state index contributed by atoms with van der Waals surface area (Å²) in [5, 5.41) is 11.5. The molecule has 13 nitrogen and oxygen atoms in total. The average molecular weight is 713 g/mol. The first-order chi connectivity index (χ1) is 23.8. The third-order valence-electron chi connectivity index (χ3n) is 11.9. The van der Waals surface area contributed by atoms with E-state index in [1.54, 1.807) is 4.90 Å². The topological polar surface area (TPSA) is 174 Å². The van der Waals surface area contributed by atoms with Crippen molar-refractivity contribution in [3.63, 3.8) is 0 Å². The lowest BCUT2D eigenvalue weighted by Crippen LogP contribution is -2.61. The molecule has 51 heavy (non-hydrogen) atoms. The molecule has 0 aromatic rings. The summed E-state index contributed by atoms with van der Waals surface area (Å²) >= 11 is 0. The molecule has 7 amide bonds. The van der Waals surface area contributed by atoms with Gasteiger partial charge in [0.1, 0.15) is 12.1 Å². The molecule has 13 heteroatoms. The van der Waals surface area contributed by atoms with E-state index in [0.717, 1.165) is 38.5 Å². The van der Waals surface area contributed by atoms with Gasteiger partial charge < -0.3 is 26.2 Å². The Bertz CT molecular complexity index is 1400. The van der Waals surface area contributed by atoms with Crippen molar-refractivity contribution < 1.29 is 33.6 Å². The van der Waals surface area contributed by atoms with Gasteiger partial charge in [0, 0.05) is 32.0 Å². The fourth-order valence-corrected chi connectivity index (χ4v) is 8.33. The van der Waals surface area contributed by atoms with Crippen molar-refractivity contribution in [2.24, 2.45) is 28.1 Å². The predicted octanol–water partition coefficient (Wildman–Crippen LogP) is 3.19. The Morgan fingerprint density at radius 1 is 0.843 bits per heavy atom. The van der Waals surface area contributed by atoms with E-state index in [-0.39, 0.29) is 60.4 Å². The third-order valence-corrected chi connectivity index (χ3v) is 11.9. The monoisotopic (exact) mass is 712 g/mol. The number of nitrogens with one attached hydrogen (secondary N) is 4. The van der Waals surface area contributed by atoms with Gasteiger partial charge in [-0.05, 0) is 53.8 Å². The second kappa shape index (κ2) is 14.8. The molecule has 2 aliphatic carbocycles. The van der Waals surface area contributed by atoms with Crippen LogP contribution in [-0.2, 0) is 28.8 Å². The van der Waals surface area contributed by atoms with Crippen molar-refractivity contribution in [2.75, 3.05) is 13.1 Å². The van der Waals surface area contributed by atoms with Crippen molar-refractivity contribution in [1.82, 2.24) is 31.1 Å². The zero-order chi connectivity index (χ0) is 37.5. The Labute approximate surface area is 302 Å². The molecular formula is C38H60N6O7. The van der Waals surface area contributed by atoms with Crippen LogP contribution >= 0.6 is 0 Å². The molecule has 0 bridgehead atoms. The molecule has 4 N–H and O–H groups in total. The van der Waals surface area contributed by atoms with Crippen LogP contribution < -0.4 is 21.3 Å². The Kier molecular flexibility index (Phi) is 11.3. The van der Waals surface area contributed by atoms with Crippen molar-refractivity contribution in [3.8, 4) is 0 Å². The number of carbonyl (C=O) groups excluding carboxylic acids is 7. The lowest BCUT2D eigenvalue weighted by atomic mass is 9.80. The first kappa shape index (κ1) is 38.7. The molecule has 0 aromatic heterocycles. The van der Waals surface area contributed by atoms with Gasteiger partial charge in [-0.2, -0.15) is 0 Å². The maximum absolute atomic E-state index is 14.4. The number of hydrogen-bond acceptors (Lipinski definition) is 7. The highest BCUT2D eigenvalue weighted by atomic mass is 16.2. The van der Waals surface area contributed by atoms with Crippen molar-refractivity contribution in [2.45, 2.75) is 156 Å². The zero-order valence-corrected chi connectivity index (χ0v) is 31.7. The molecule has 6 atom stereocenters. The number of imide groups is 1. The van der Waals surface area contributed by atoms with Crippen LogP contribution in [-0.4, -0.2) is 94.4 Å². The molecule has 2 saturated carbocycles. The Hall–Kier alpha value is -3.51. The number of ketones is 1. The minimum atomic E-state index is -0.974. The normalized spacial score (nSPS) is 30.5. The number of carbonyl (C=O) groups is 7. The van der Waals surface area contributed by atoms with Crippen LogP contribution in [0.2, 0.25) is 0 Å². The lowest BCUT2D eigenvalue weighted by molar-refractivity contribution is -0.153. The van der Waals surface area contributed by atoms with Gasteiger partial charge in [0.15, 0.2) is 0 Å². The van der Waals surface area contributed by atoms with Gasteiger partial charge in [0.25, 0.3) is 5.91 Å². The Morgan fingerprint density at radius 2 is 1.43 bits per heavy atom. The van der Waals surface area contributed by atoms with E-state index in [1.165, 1.54) is 4.90 Å². The van der Waals surface area contributed by atoms with Crippen LogP contribution in [0.1, 0.15) is 126 Å². The minimum absolute atomic E-state index is 0.0119. The summed E-state index contributed by atoms with van der Waals surface area (Å²) < 4.78 is 0. The van der Waals surface area contributed by atoms with Gasteiger partial charge >= 0.3 is 6.03 Å². The minimum Gasteiger partial charge on any atom is -0.347 e. The van der Waals surface area contributed by atoms with Gasteiger partial charge in [0.05, 0.1) is 12.1 Å². The number of amides is 7. The van der Waals surface area contributed by atoms with E-state index in [2.05, 4.69) is 35.1 Å². The number of likely N-dealkylation sites (tertiary alicyclic amines) is 1. The molecule has 3 aliphatic heterocycles. The van der Waals surface area contributed by atoms with Crippen LogP contribution in [0.3, 0.4) is 0 Å². The highest BCUT2D eigenvalue weighted by Gasteiger charge is 2.69. The summed E-state index contributed by atoms with van der Waals surface area (Å²) in [6.45, 7) is 14.1. The van der Waals surface area contributed by atoms with Gasteiger partial charge in [0.2, 0.25) is 29.4 Å². The number of urea groups is 1. The Morgan fingerprint density at radius 3 is 2.02 bits per heavy atom. The summed E-state index contributed by atoms with van der Waals surface area (Å²) in [6.07, 6.45) is 7.78. The number of rotatable bonds is 7. The molecule has 5 rings (SSSR count). The van der Waals surface area contributed by atoms with Crippen LogP contribution in [0.5, 0.6) is 0 Å². The van der Waals surface area contributed by atoms with E-state index in [4.69, 9.17) is 0 Å². The molecule has 3 heterocycles. The summed E-state index contributed by atoms with van der Waals surface area (Å²) in [5.74, 6) is -2.67. The summed E-state index contributed by atoms with van der Waals surface area (Å²) in [6, 6.07) is -3.88. The predicted molar refractivity (Wildman–Crippen MR) is 190 cm³/mol. The molecular weight excluding hydrogens is 652 g/mol. The van der Waals surface area contributed by atoms with Crippen LogP contribution in [0.4, 0.5) is 4.79 Å². The van der Waals surface area contributed by atoms with Crippen LogP contribution in [0, 0.1) is 28.1 Å². The number of nitrogens with zero attached hydrogens (tertiary/aromatic N) is 2. The second-order valence-electron chi connectivity index (χ2n) is 18.3. The van der Waals surface area contributed by atoms with E-state index in [0.29, 0.717) is 32.2 Å². The number of piperidine rings is 2. The fraction of sp³-hybridized carbons (Fsp3) is 0.816. The second-order valence-corrected chi connectivity index (χ2v) is 18.3. The molecule has 0 radical (unpaired) electrons. The maximum atomic E-state index is 14.4. The maximum Gasteiger partial charge on any atom is 0.315 e. The third kappa shape index (κ3) is 9.11. The smallest absolute Gasteiger partial charge is 0.315 e. The first-order valence-electron chi connectivity index (χ1n) is 19.2. The molecule has 0 aromatic carbocycles. The SMILES string of the molecule is CC1(C)CC(=O)N(C[C@@H](NC(=O)N[C@@H]2CCCCCCCC[C@@H](C(=O)C(=O)NC3CC3)NC(=O)[C@@H]3[C@@H]4[C@H](CN3C2=O)C4(C)C)C(C)(C)C)C(=O)C1. The molecule has 5 fully saturated rings. The van der Waals surface area contributed by atoms with Gasteiger partial charge in [-0.15, -0.1) is 0 Å². The van der Waals surface area contributed by atoms with E-state index >= 15 is 0 Å². The quantitative estimate of drug-likeness (QED) is 0.232.